The average Bonchev–Trinajstić information content (AvgIpc) is 3.11. The van der Waals surface area contributed by atoms with E-state index in [-0.39, 0.29) is 58.6 Å². The van der Waals surface area contributed by atoms with Gasteiger partial charge in [0.05, 0.1) is 28.4 Å². The maximum Gasteiger partial charge on any atom is 0.343 e. The van der Waals surface area contributed by atoms with Crippen molar-refractivity contribution in [3.8, 4) is 23.0 Å². The van der Waals surface area contributed by atoms with E-state index in [0.717, 1.165) is 0 Å². The zero-order valence-corrected chi connectivity index (χ0v) is 28.8. The number of β-amino-alcohol motifs (C(OH)–C–C–N with tert-alkyl or cyclic N) is 1. The molecule has 0 saturated carbocycles. The monoisotopic (exact) mass is 709 g/mol. The molecule has 1 atom stereocenters. The van der Waals surface area contributed by atoms with E-state index in [9.17, 15) is 24.3 Å². The number of aliphatic hydroxyl groups excluding tert-OH is 1. The summed E-state index contributed by atoms with van der Waals surface area (Å²) in [5.74, 6) is -2.03. The molecule has 0 aromatic heterocycles. The van der Waals surface area contributed by atoms with Crippen molar-refractivity contribution < 1.29 is 43.2 Å². The standard InChI is InChI=1S/C40H35NO9.ClH/c1-40(2,3)41-25-35(42)30-22-33(49-38(45)28-14-18-31(19-15-28)47-36(43)26-10-6-4-7-11-26)24-34(23-30)50-39(46)29-16-20-32(21-17-29)48-37(44)27-12-8-5-9-13-27;/h4-24,35,41-42H,25H2,1-3H3;1H. The van der Waals surface area contributed by atoms with Crippen LogP contribution in [0.15, 0.2) is 127 Å². The first-order valence-electron chi connectivity index (χ1n) is 15.7. The molecule has 2 N–H and O–H groups in total. The van der Waals surface area contributed by atoms with Gasteiger partial charge in [0.1, 0.15) is 23.0 Å². The van der Waals surface area contributed by atoms with Crippen LogP contribution >= 0.6 is 12.4 Å². The molecule has 10 nitrogen and oxygen atoms in total. The van der Waals surface area contributed by atoms with Crippen molar-refractivity contribution in [2.24, 2.45) is 0 Å². The SMILES string of the molecule is CC(C)(C)NCC(O)c1cc(OC(=O)c2ccc(OC(=O)c3ccccc3)cc2)cc(OC(=O)c2ccc(OC(=O)c3ccccc3)cc2)c1.Cl. The molecule has 5 rings (SSSR count). The van der Waals surface area contributed by atoms with E-state index >= 15 is 0 Å². The van der Waals surface area contributed by atoms with Crippen LogP contribution in [-0.2, 0) is 0 Å². The Morgan fingerprint density at radius 2 is 0.863 bits per heavy atom. The number of ether oxygens (including phenoxy) is 4. The maximum atomic E-state index is 13.1. The maximum absolute atomic E-state index is 13.1. The molecule has 0 heterocycles. The van der Waals surface area contributed by atoms with Crippen LogP contribution in [0.4, 0.5) is 0 Å². The van der Waals surface area contributed by atoms with E-state index in [4.69, 9.17) is 18.9 Å². The van der Waals surface area contributed by atoms with Gasteiger partial charge in [0.25, 0.3) is 0 Å². The minimum Gasteiger partial charge on any atom is -0.423 e. The molecular weight excluding hydrogens is 674 g/mol. The summed E-state index contributed by atoms with van der Waals surface area (Å²) in [5, 5.41) is 14.2. The highest BCUT2D eigenvalue weighted by Gasteiger charge is 2.19. The van der Waals surface area contributed by atoms with Gasteiger partial charge in [0, 0.05) is 18.2 Å². The van der Waals surface area contributed by atoms with E-state index in [1.165, 1.54) is 66.7 Å². The summed E-state index contributed by atoms with van der Waals surface area (Å²) < 4.78 is 22.0. The summed E-state index contributed by atoms with van der Waals surface area (Å²) in [6, 6.07) is 33.0. The molecule has 51 heavy (non-hydrogen) atoms. The number of aliphatic hydroxyl groups is 1. The van der Waals surface area contributed by atoms with Gasteiger partial charge >= 0.3 is 23.9 Å². The lowest BCUT2D eigenvalue weighted by Crippen LogP contribution is -2.38. The number of benzene rings is 5. The van der Waals surface area contributed by atoms with Crippen molar-refractivity contribution in [3.63, 3.8) is 0 Å². The Morgan fingerprint density at radius 1 is 0.529 bits per heavy atom. The molecule has 1 unspecified atom stereocenters. The van der Waals surface area contributed by atoms with Crippen LogP contribution in [0, 0.1) is 0 Å². The third-order valence-electron chi connectivity index (χ3n) is 7.15. The molecule has 0 amide bonds. The Hall–Kier alpha value is -5.81. The lowest BCUT2D eigenvalue weighted by molar-refractivity contribution is 0.0722. The van der Waals surface area contributed by atoms with Crippen molar-refractivity contribution in [2.45, 2.75) is 32.4 Å². The first-order valence-corrected chi connectivity index (χ1v) is 15.7. The smallest absolute Gasteiger partial charge is 0.343 e. The molecule has 262 valence electrons. The molecule has 5 aromatic carbocycles. The van der Waals surface area contributed by atoms with Gasteiger partial charge in [-0.25, -0.2) is 19.2 Å². The molecule has 0 spiro atoms. The molecule has 5 aromatic rings. The zero-order chi connectivity index (χ0) is 35.7. The van der Waals surface area contributed by atoms with Crippen LogP contribution in [0.25, 0.3) is 0 Å². The summed E-state index contributed by atoms with van der Waals surface area (Å²) in [5.41, 5.74) is 1.14. The number of hydrogen-bond acceptors (Lipinski definition) is 10. The van der Waals surface area contributed by atoms with Gasteiger partial charge in [0.15, 0.2) is 0 Å². The quantitative estimate of drug-likeness (QED) is 0.105. The first-order chi connectivity index (χ1) is 23.9. The first kappa shape index (κ1) is 38.0. The Labute approximate surface area is 301 Å². The van der Waals surface area contributed by atoms with E-state index in [0.29, 0.717) is 16.7 Å². The fraction of sp³-hybridized carbons (Fsp3) is 0.150. The van der Waals surface area contributed by atoms with Crippen LogP contribution in [0.2, 0.25) is 0 Å². The van der Waals surface area contributed by atoms with Crippen LogP contribution in [0.1, 0.15) is 73.9 Å². The van der Waals surface area contributed by atoms with Gasteiger partial charge in [0.2, 0.25) is 0 Å². The van der Waals surface area contributed by atoms with E-state index < -0.39 is 30.0 Å². The van der Waals surface area contributed by atoms with Crippen molar-refractivity contribution in [1.29, 1.82) is 0 Å². The third-order valence-corrected chi connectivity index (χ3v) is 7.15. The second-order valence-corrected chi connectivity index (χ2v) is 12.2. The topological polar surface area (TPSA) is 137 Å². The van der Waals surface area contributed by atoms with Gasteiger partial charge < -0.3 is 29.4 Å². The summed E-state index contributed by atoms with van der Waals surface area (Å²) >= 11 is 0. The highest BCUT2D eigenvalue weighted by atomic mass is 35.5. The fourth-order valence-electron chi connectivity index (χ4n) is 4.56. The van der Waals surface area contributed by atoms with Crippen LogP contribution in [0.5, 0.6) is 23.0 Å². The van der Waals surface area contributed by atoms with E-state index in [1.807, 2.05) is 20.8 Å². The van der Waals surface area contributed by atoms with Gasteiger partial charge in [-0.05, 0) is 111 Å². The molecular formula is C40H36ClNO9. The molecule has 0 fully saturated rings. The summed E-state index contributed by atoms with van der Waals surface area (Å²) in [6.45, 7) is 6.02. The molecule has 0 aliphatic rings. The predicted molar refractivity (Wildman–Crippen MR) is 192 cm³/mol. The van der Waals surface area contributed by atoms with Crippen LogP contribution < -0.4 is 24.3 Å². The van der Waals surface area contributed by atoms with Crippen molar-refractivity contribution in [2.75, 3.05) is 6.54 Å². The minimum absolute atomic E-state index is 0. The van der Waals surface area contributed by atoms with E-state index in [1.54, 1.807) is 60.7 Å². The summed E-state index contributed by atoms with van der Waals surface area (Å²) in [7, 11) is 0. The number of nitrogens with one attached hydrogen (secondary N) is 1. The number of carbonyl (C=O) groups is 4. The second-order valence-electron chi connectivity index (χ2n) is 12.2. The van der Waals surface area contributed by atoms with Gasteiger partial charge in [-0.3, -0.25) is 0 Å². The third kappa shape index (κ3) is 11.1. The largest absolute Gasteiger partial charge is 0.423 e. The zero-order valence-electron chi connectivity index (χ0n) is 28.0. The second kappa shape index (κ2) is 17.2. The lowest BCUT2D eigenvalue weighted by Gasteiger charge is -2.23. The van der Waals surface area contributed by atoms with Crippen molar-refractivity contribution in [3.05, 3.63) is 155 Å². The average molecular weight is 710 g/mol. The van der Waals surface area contributed by atoms with Gasteiger partial charge in [-0.15, -0.1) is 12.4 Å². The highest BCUT2D eigenvalue weighted by molar-refractivity contribution is 5.94. The molecule has 0 aliphatic carbocycles. The predicted octanol–water partition coefficient (Wildman–Crippen LogP) is 7.41. The Kier molecular flexibility index (Phi) is 12.8. The number of esters is 4. The van der Waals surface area contributed by atoms with Gasteiger partial charge in [-0.1, -0.05) is 36.4 Å². The molecule has 11 heteroatoms. The Bertz CT molecular complexity index is 1830. The fourth-order valence-corrected chi connectivity index (χ4v) is 4.56. The molecule has 0 saturated heterocycles. The minimum atomic E-state index is -1.04. The number of carbonyl (C=O) groups excluding carboxylic acids is 4. The van der Waals surface area contributed by atoms with Gasteiger partial charge in [-0.2, -0.15) is 0 Å². The number of halogens is 1. The Balaban J connectivity index is 0.00000583. The normalized spacial score (nSPS) is 11.4. The number of hydrogen-bond donors (Lipinski definition) is 2. The lowest BCUT2D eigenvalue weighted by atomic mass is 10.1. The van der Waals surface area contributed by atoms with Crippen molar-refractivity contribution >= 4 is 36.3 Å². The number of rotatable bonds is 11. The van der Waals surface area contributed by atoms with Crippen LogP contribution in [-0.4, -0.2) is 41.1 Å². The Morgan fingerprint density at radius 3 is 1.22 bits per heavy atom. The highest BCUT2D eigenvalue weighted by Crippen LogP contribution is 2.29. The molecule has 0 radical (unpaired) electrons. The molecule has 0 bridgehead atoms. The van der Waals surface area contributed by atoms with Crippen molar-refractivity contribution in [1.82, 2.24) is 5.32 Å². The van der Waals surface area contributed by atoms with E-state index in [2.05, 4.69) is 5.32 Å². The summed E-state index contributed by atoms with van der Waals surface area (Å²) in [6.07, 6.45) is -1.04. The summed E-state index contributed by atoms with van der Waals surface area (Å²) in [4.78, 5) is 51.0. The van der Waals surface area contributed by atoms with Crippen LogP contribution in [0.3, 0.4) is 0 Å². The molecule has 0 aliphatic heterocycles.